The van der Waals surface area contributed by atoms with Crippen LogP contribution >= 0.6 is 0 Å². The third-order valence-corrected chi connectivity index (χ3v) is 5.00. The van der Waals surface area contributed by atoms with Crippen molar-refractivity contribution < 1.29 is 19.4 Å². The normalized spacial score (nSPS) is 11.7. The van der Waals surface area contributed by atoms with E-state index >= 15 is 0 Å². The number of carbonyl (C=O) groups is 1. The third-order valence-electron chi connectivity index (χ3n) is 5.00. The summed E-state index contributed by atoms with van der Waals surface area (Å²) in [7, 11) is 0. The third kappa shape index (κ3) is 5.16. The first kappa shape index (κ1) is 23.5. The topological polar surface area (TPSA) is 115 Å². The van der Waals surface area contributed by atoms with E-state index in [1.807, 2.05) is 26.0 Å². The van der Waals surface area contributed by atoms with Crippen LogP contribution in [0.1, 0.15) is 55.6 Å². The van der Waals surface area contributed by atoms with E-state index in [0.717, 1.165) is 11.1 Å². The number of ketones is 1. The van der Waals surface area contributed by atoms with Crippen molar-refractivity contribution in [3.63, 3.8) is 0 Å². The molecule has 3 rings (SSSR count). The first-order chi connectivity index (χ1) is 15.1. The van der Waals surface area contributed by atoms with Gasteiger partial charge in [-0.3, -0.25) is 10.2 Å². The molecule has 0 saturated carbocycles. The molecule has 0 aliphatic heterocycles. The summed E-state index contributed by atoms with van der Waals surface area (Å²) in [6, 6.07) is 7.24. The van der Waals surface area contributed by atoms with Gasteiger partial charge >= 0.3 is 0 Å². The molecule has 2 aromatic heterocycles. The second kappa shape index (κ2) is 9.52. The lowest BCUT2D eigenvalue weighted by Crippen LogP contribution is -2.26. The number of ether oxygens (including phenoxy) is 2. The number of fused-ring (bicyclic) bond motifs is 1. The van der Waals surface area contributed by atoms with Gasteiger partial charge in [-0.15, -0.1) is 10.2 Å². The van der Waals surface area contributed by atoms with Crippen molar-refractivity contribution in [3.05, 3.63) is 46.6 Å². The summed E-state index contributed by atoms with van der Waals surface area (Å²) in [6.07, 6.45) is 0.512. The molecule has 0 spiro atoms. The summed E-state index contributed by atoms with van der Waals surface area (Å²) < 4.78 is 13.9. The van der Waals surface area contributed by atoms with Gasteiger partial charge in [-0.05, 0) is 43.0 Å². The summed E-state index contributed by atoms with van der Waals surface area (Å²) in [5.74, 6) is 0.802. The predicted molar refractivity (Wildman–Crippen MR) is 119 cm³/mol. The van der Waals surface area contributed by atoms with Crippen LogP contribution < -0.4 is 15.1 Å². The zero-order valence-corrected chi connectivity index (χ0v) is 19.3. The van der Waals surface area contributed by atoms with E-state index in [2.05, 4.69) is 31.0 Å². The molecule has 32 heavy (non-hydrogen) atoms. The van der Waals surface area contributed by atoms with Gasteiger partial charge in [0.25, 0.3) is 0 Å². The van der Waals surface area contributed by atoms with Gasteiger partial charge in [-0.1, -0.05) is 20.8 Å². The molecule has 1 aromatic carbocycles. The zero-order chi connectivity index (χ0) is 23.5. The molecule has 2 heterocycles. The Hall–Kier alpha value is -3.20. The molecule has 0 unspecified atom stereocenters. The van der Waals surface area contributed by atoms with E-state index in [-0.39, 0.29) is 30.0 Å². The average Bonchev–Trinajstić information content (AvgIpc) is 3.04. The first-order valence-corrected chi connectivity index (χ1v) is 10.7. The molecule has 0 fully saturated rings. The number of aromatic nitrogens is 4. The number of nitrogens with one attached hydrogen (secondary N) is 1. The molecule has 0 aliphatic carbocycles. The quantitative estimate of drug-likeness (QED) is 0.390. The summed E-state index contributed by atoms with van der Waals surface area (Å²) in [6.45, 7) is 10.7. The Morgan fingerprint density at radius 3 is 2.56 bits per heavy atom. The first-order valence-electron chi connectivity index (χ1n) is 10.7. The van der Waals surface area contributed by atoms with Crippen LogP contribution in [0.5, 0.6) is 11.6 Å². The van der Waals surface area contributed by atoms with Gasteiger partial charge < -0.3 is 14.6 Å². The van der Waals surface area contributed by atoms with E-state index < -0.39 is 0 Å². The Morgan fingerprint density at radius 2 is 1.91 bits per heavy atom. The van der Waals surface area contributed by atoms with Gasteiger partial charge in [0.2, 0.25) is 11.5 Å². The standard InChI is InChI=1S/C23H31N5O4/c1-6-31-20-10-15(2)21-26-27(22(24)28(21)25-20)14-19(30)16-11-17(23(3,4)5)13-18(12-16)32-9-7-8-29/h10-13,24,29H,6-9,14H2,1-5H3. The number of hydrogen-bond acceptors (Lipinski definition) is 7. The number of benzene rings is 1. The maximum absolute atomic E-state index is 13.2. The van der Waals surface area contributed by atoms with Crippen LogP contribution in [0.25, 0.3) is 5.65 Å². The number of aliphatic hydroxyl groups excluding tert-OH is 1. The average molecular weight is 442 g/mol. The molecule has 0 radical (unpaired) electrons. The van der Waals surface area contributed by atoms with E-state index in [9.17, 15) is 4.79 Å². The molecule has 2 N–H and O–H groups in total. The van der Waals surface area contributed by atoms with Crippen LogP contribution in [0.4, 0.5) is 0 Å². The Kier molecular flexibility index (Phi) is 6.98. The molecule has 0 aliphatic rings. The fourth-order valence-corrected chi connectivity index (χ4v) is 3.22. The highest BCUT2D eigenvalue weighted by Crippen LogP contribution is 2.28. The lowest BCUT2D eigenvalue weighted by atomic mass is 9.85. The van der Waals surface area contributed by atoms with Gasteiger partial charge in [0.15, 0.2) is 11.4 Å². The number of aryl methyl sites for hydroxylation is 1. The fraction of sp³-hybridized carbons (Fsp3) is 0.478. The SMILES string of the molecule is CCOc1cc(C)c2nn(CC(=O)c3cc(OCCCO)cc(C(C)(C)C)c3)c(=N)n2n1. The lowest BCUT2D eigenvalue weighted by Gasteiger charge is -2.21. The molecule has 0 saturated heterocycles. The van der Waals surface area contributed by atoms with Gasteiger partial charge in [-0.25, -0.2) is 4.68 Å². The molecule has 9 nitrogen and oxygen atoms in total. The van der Waals surface area contributed by atoms with Crippen molar-refractivity contribution in [3.8, 4) is 11.6 Å². The number of nitrogens with zero attached hydrogens (tertiary/aromatic N) is 4. The molecular weight excluding hydrogens is 410 g/mol. The van der Waals surface area contributed by atoms with Gasteiger partial charge in [-0.2, -0.15) is 4.52 Å². The van der Waals surface area contributed by atoms with Crippen molar-refractivity contribution in [2.75, 3.05) is 19.8 Å². The van der Waals surface area contributed by atoms with Crippen molar-refractivity contribution in [2.45, 2.75) is 53.0 Å². The maximum Gasteiger partial charge on any atom is 0.242 e. The van der Waals surface area contributed by atoms with Crippen molar-refractivity contribution in [1.82, 2.24) is 19.4 Å². The second-order valence-electron chi connectivity index (χ2n) is 8.66. The van der Waals surface area contributed by atoms with Crippen molar-refractivity contribution in [1.29, 1.82) is 5.41 Å². The molecule has 3 aromatic rings. The zero-order valence-electron chi connectivity index (χ0n) is 19.3. The predicted octanol–water partition coefficient (Wildman–Crippen LogP) is 2.66. The highest BCUT2D eigenvalue weighted by molar-refractivity contribution is 5.96. The number of rotatable bonds is 9. The van der Waals surface area contributed by atoms with Crippen LogP contribution in [-0.2, 0) is 12.0 Å². The highest BCUT2D eigenvalue weighted by Gasteiger charge is 2.20. The molecule has 0 bridgehead atoms. The van der Waals surface area contributed by atoms with Crippen LogP contribution in [0.3, 0.4) is 0 Å². The summed E-state index contributed by atoms with van der Waals surface area (Å²) in [5.41, 5.74) is 2.57. The van der Waals surface area contributed by atoms with E-state index in [1.165, 1.54) is 9.20 Å². The van der Waals surface area contributed by atoms with Crippen molar-refractivity contribution >= 4 is 11.4 Å². The summed E-state index contributed by atoms with van der Waals surface area (Å²) in [4.78, 5) is 13.2. The lowest BCUT2D eigenvalue weighted by molar-refractivity contribution is 0.0965. The Bertz CT molecular complexity index is 1170. The maximum atomic E-state index is 13.2. The number of carbonyl (C=O) groups excluding carboxylic acids is 1. The van der Waals surface area contributed by atoms with E-state index in [1.54, 1.807) is 12.1 Å². The second-order valence-corrected chi connectivity index (χ2v) is 8.66. The van der Waals surface area contributed by atoms with Gasteiger partial charge in [0.05, 0.1) is 13.2 Å². The molecule has 9 heteroatoms. The number of aliphatic hydroxyl groups is 1. The highest BCUT2D eigenvalue weighted by atomic mass is 16.5. The summed E-state index contributed by atoms with van der Waals surface area (Å²) in [5, 5.41) is 26.2. The van der Waals surface area contributed by atoms with Crippen LogP contribution in [-0.4, -0.2) is 50.1 Å². The monoisotopic (exact) mass is 441 g/mol. The Morgan fingerprint density at radius 1 is 1.16 bits per heavy atom. The molecule has 172 valence electrons. The summed E-state index contributed by atoms with van der Waals surface area (Å²) >= 11 is 0. The molecular formula is C23H31N5O4. The van der Waals surface area contributed by atoms with Crippen LogP contribution in [0, 0.1) is 12.3 Å². The Balaban J connectivity index is 1.94. The Labute approximate surface area is 187 Å². The molecule has 0 atom stereocenters. The number of Topliss-reactive ketones (excluding diaryl/α,β-unsaturated/α-hetero) is 1. The van der Waals surface area contributed by atoms with Gasteiger partial charge in [0.1, 0.15) is 12.3 Å². The van der Waals surface area contributed by atoms with Crippen LogP contribution in [0.2, 0.25) is 0 Å². The van der Waals surface area contributed by atoms with E-state index in [0.29, 0.717) is 42.5 Å². The fourth-order valence-electron chi connectivity index (χ4n) is 3.22. The minimum absolute atomic E-state index is 0.00982. The smallest absolute Gasteiger partial charge is 0.242 e. The minimum atomic E-state index is -0.187. The van der Waals surface area contributed by atoms with Gasteiger partial charge in [0, 0.05) is 30.2 Å². The minimum Gasteiger partial charge on any atom is -0.493 e. The largest absolute Gasteiger partial charge is 0.493 e. The van der Waals surface area contributed by atoms with Crippen LogP contribution in [0.15, 0.2) is 24.3 Å². The molecule has 0 amide bonds. The number of hydrogen-bond donors (Lipinski definition) is 2. The van der Waals surface area contributed by atoms with Crippen molar-refractivity contribution in [2.24, 2.45) is 0 Å². The van der Waals surface area contributed by atoms with E-state index in [4.69, 9.17) is 20.0 Å².